The lowest BCUT2D eigenvalue weighted by Gasteiger charge is -2.38. The third-order valence-electron chi connectivity index (χ3n) is 4.19. The predicted molar refractivity (Wildman–Crippen MR) is 81.4 cm³/mol. The molecule has 2 rings (SSSR count). The first-order valence-electron chi connectivity index (χ1n) is 7.31. The number of esters is 1. The number of methoxy groups -OCH3 is 2. The van der Waals surface area contributed by atoms with Crippen LogP contribution in [-0.4, -0.2) is 51.3 Å². The largest absolute Gasteiger partial charge is 0.497 e. The highest BCUT2D eigenvalue weighted by Crippen LogP contribution is 2.32. The van der Waals surface area contributed by atoms with Crippen LogP contribution in [0.15, 0.2) is 24.3 Å². The summed E-state index contributed by atoms with van der Waals surface area (Å²) in [5.41, 5.74) is 0.102. The van der Waals surface area contributed by atoms with Crippen molar-refractivity contribution < 1.29 is 14.3 Å². The second kappa shape index (κ2) is 6.91. The smallest absolute Gasteiger partial charge is 0.330 e. The number of carbonyl (C=O) groups is 1. The molecule has 0 bridgehead atoms. The summed E-state index contributed by atoms with van der Waals surface area (Å²) in [6.45, 7) is 5.44. The number of nitrogens with zero attached hydrogens (tertiary/aromatic N) is 1. The maximum atomic E-state index is 12.5. The Kier molecular flexibility index (Phi) is 5.20. The minimum atomic E-state index is -0.796. The average Bonchev–Trinajstić information content (AvgIpc) is 2.82. The first-order chi connectivity index (χ1) is 10.1. The summed E-state index contributed by atoms with van der Waals surface area (Å²) in [6, 6.07) is 7.66. The molecule has 5 heteroatoms. The number of nitrogens with one attached hydrogen (secondary N) is 1. The molecule has 21 heavy (non-hydrogen) atoms. The number of hydrogen-bond donors (Lipinski definition) is 1. The van der Waals surface area contributed by atoms with Gasteiger partial charge in [0, 0.05) is 19.6 Å². The number of rotatable bonds is 4. The average molecular weight is 292 g/mol. The van der Waals surface area contributed by atoms with Crippen molar-refractivity contribution in [2.24, 2.45) is 0 Å². The molecule has 116 valence electrons. The first-order valence-corrected chi connectivity index (χ1v) is 7.31. The Morgan fingerprint density at radius 2 is 2.10 bits per heavy atom. The Hall–Kier alpha value is -1.59. The zero-order valence-electron chi connectivity index (χ0n) is 13.0. The predicted octanol–water partition coefficient (Wildman–Crippen LogP) is 1.38. The Morgan fingerprint density at radius 1 is 1.29 bits per heavy atom. The Bertz CT molecular complexity index is 484. The summed E-state index contributed by atoms with van der Waals surface area (Å²) in [4.78, 5) is 14.7. The van der Waals surface area contributed by atoms with Crippen LogP contribution < -0.4 is 10.1 Å². The quantitative estimate of drug-likeness (QED) is 0.850. The Morgan fingerprint density at radius 3 is 2.81 bits per heavy atom. The van der Waals surface area contributed by atoms with Gasteiger partial charge in [-0.2, -0.15) is 0 Å². The zero-order chi connectivity index (χ0) is 15.3. The van der Waals surface area contributed by atoms with E-state index in [0.29, 0.717) is 0 Å². The summed E-state index contributed by atoms with van der Waals surface area (Å²) in [5, 5.41) is 3.36. The molecule has 1 saturated heterocycles. The van der Waals surface area contributed by atoms with Gasteiger partial charge in [0.2, 0.25) is 0 Å². The van der Waals surface area contributed by atoms with Crippen molar-refractivity contribution in [2.45, 2.75) is 18.9 Å². The van der Waals surface area contributed by atoms with Gasteiger partial charge < -0.3 is 14.8 Å². The van der Waals surface area contributed by atoms with E-state index in [0.717, 1.165) is 43.9 Å². The summed E-state index contributed by atoms with van der Waals surface area (Å²) in [7, 11) is 3.07. The second-order valence-electron chi connectivity index (χ2n) is 5.39. The number of benzene rings is 1. The molecule has 0 aliphatic carbocycles. The molecule has 0 radical (unpaired) electrons. The molecule has 5 nitrogen and oxygen atoms in total. The van der Waals surface area contributed by atoms with Gasteiger partial charge in [0.25, 0.3) is 0 Å². The van der Waals surface area contributed by atoms with Crippen LogP contribution >= 0.6 is 0 Å². The third kappa shape index (κ3) is 3.19. The van der Waals surface area contributed by atoms with E-state index >= 15 is 0 Å². The molecular formula is C16H24N2O3. The maximum Gasteiger partial charge on any atom is 0.330 e. The molecule has 1 aliphatic rings. The normalized spacial score (nSPS) is 19.4. The van der Waals surface area contributed by atoms with E-state index in [9.17, 15) is 4.79 Å². The molecule has 0 spiro atoms. The van der Waals surface area contributed by atoms with Gasteiger partial charge in [0.15, 0.2) is 0 Å². The van der Waals surface area contributed by atoms with Crippen molar-refractivity contribution in [3.05, 3.63) is 29.8 Å². The minimum Gasteiger partial charge on any atom is -0.497 e. The molecule has 1 aliphatic heterocycles. The molecule has 1 aromatic rings. The van der Waals surface area contributed by atoms with Crippen LogP contribution in [0.25, 0.3) is 0 Å². The van der Waals surface area contributed by atoms with Crippen molar-refractivity contribution in [2.75, 3.05) is 40.4 Å². The van der Waals surface area contributed by atoms with Crippen LogP contribution in [0, 0.1) is 0 Å². The summed E-state index contributed by atoms with van der Waals surface area (Å²) >= 11 is 0. The fraction of sp³-hybridized carbons (Fsp3) is 0.562. The fourth-order valence-electron chi connectivity index (χ4n) is 2.85. The van der Waals surface area contributed by atoms with E-state index in [2.05, 4.69) is 10.2 Å². The van der Waals surface area contributed by atoms with E-state index in [1.165, 1.54) is 7.11 Å². The highest BCUT2D eigenvalue weighted by Gasteiger charge is 2.42. The van der Waals surface area contributed by atoms with Gasteiger partial charge in [-0.05, 0) is 37.6 Å². The lowest BCUT2D eigenvalue weighted by Crippen LogP contribution is -2.51. The number of hydrogen-bond acceptors (Lipinski definition) is 5. The van der Waals surface area contributed by atoms with Gasteiger partial charge in [0.1, 0.15) is 11.3 Å². The third-order valence-corrected chi connectivity index (χ3v) is 4.19. The monoisotopic (exact) mass is 292 g/mol. The summed E-state index contributed by atoms with van der Waals surface area (Å²) in [6.07, 6.45) is 1.01. The minimum absolute atomic E-state index is 0.238. The van der Waals surface area contributed by atoms with Crippen molar-refractivity contribution >= 4 is 5.97 Å². The molecule has 1 unspecified atom stereocenters. The maximum absolute atomic E-state index is 12.5. The molecule has 1 atom stereocenters. The molecule has 1 fully saturated rings. The fourth-order valence-corrected chi connectivity index (χ4v) is 2.85. The van der Waals surface area contributed by atoms with Crippen LogP contribution in [0.1, 0.15) is 18.9 Å². The van der Waals surface area contributed by atoms with Crippen molar-refractivity contribution in [1.82, 2.24) is 10.2 Å². The van der Waals surface area contributed by atoms with Gasteiger partial charge >= 0.3 is 5.97 Å². The topological polar surface area (TPSA) is 50.8 Å². The molecule has 1 aromatic carbocycles. The highest BCUT2D eigenvalue weighted by atomic mass is 16.5. The first kappa shape index (κ1) is 15.8. The van der Waals surface area contributed by atoms with E-state index in [1.54, 1.807) is 7.11 Å². The molecule has 1 heterocycles. The zero-order valence-corrected chi connectivity index (χ0v) is 13.0. The molecule has 1 N–H and O–H groups in total. The summed E-state index contributed by atoms with van der Waals surface area (Å²) in [5.74, 6) is 0.508. The van der Waals surface area contributed by atoms with Gasteiger partial charge in [-0.1, -0.05) is 12.1 Å². The Labute approximate surface area is 126 Å². The van der Waals surface area contributed by atoms with Gasteiger partial charge in [-0.25, -0.2) is 4.79 Å². The number of carbonyl (C=O) groups excluding carboxylic acids is 1. The van der Waals surface area contributed by atoms with E-state index in [4.69, 9.17) is 9.47 Å². The highest BCUT2D eigenvalue weighted by molar-refractivity contribution is 5.82. The second-order valence-corrected chi connectivity index (χ2v) is 5.39. The lowest BCUT2D eigenvalue weighted by molar-refractivity contribution is -0.155. The van der Waals surface area contributed by atoms with Crippen molar-refractivity contribution in [3.63, 3.8) is 0 Å². The lowest BCUT2D eigenvalue weighted by atomic mass is 9.89. The van der Waals surface area contributed by atoms with Gasteiger partial charge in [0.05, 0.1) is 14.2 Å². The van der Waals surface area contributed by atoms with Gasteiger partial charge in [-0.3, -0.25) is 4.90 Å². The van der Waals surface area contributed by atoms with Crippen LogP contribution in [0.5, 0.6) is 5.75 Å². The Balaban J connectivity index is 2.41. The van der Waals surface area contributed by atoms with Gasteiger partial charge in [-0.15, -0.1) is 0 Å². The van der Waals surface area contributed by atoms with Crippen LogP contribution in [0.3, 0.4) is 0 Å². The molecule has 0 aromatic heterocycles. The summed E-state index contributed by atoms with van der Waals surface area (Å²) < 4.78 is 10.4. The molecule has 0 amide bonds. The van der Waals surface area contributed by atoms with Crippen molar-refractivity contribution in [1.29, 1.82) is 0 Å². The standard InChI is InChI=1S/C16H24N2O3/c1-16(15(19)21-3,18-10-5-8-17-9-11-18)13-6-4-7-14(12-13)20-2/h4,6-7,12,17H,5,8-11H2,1-3H3. The van der Waals surface area contributed by atoms with Crippen molar-refractivity contribution in [3.8, 4) is 5.75 Å². The van der Waals surface area contributed by atoms with E-state index in [1.807, 2.05) is 31.2 Å². The SMILES string of the molecule is COC(=O)C(C)(c1cccc(OC)c1)N1CCCNCC1. The van der Waals surface area contributed by atoms with E-state index in [-0.39, 0.29) is 5.97 Å². The number of ether oxygens (including phenoxy) is 2. The molecule has 0 saturated carbocycles. The van der Waals surface area contributed by atoms with Crippen LogP contribution in [0.4, 0.5) is 0 Å². The molecular weight excluding hydrogens is 268 g/mol. The van der Waals surface area contributed by atoms with E-state index < -0.39 is 5.54 Å². The van der Waals surface area contributed by atoms with Crippen LogP contribution in [0.2, 0.25) is 0 Å². The van der Waals surface area contributed by atoms with Crippen LogP contribution in [-0.2, 0) is 15.1 Å².